The van der Waals surface area contributed by atoms with E-state index in [2.05, 4.69) is 12.3 Å². The van der Waals surface area contributed by atoms with Crippen LogP contribution in [-0.2, 0) is 6.42 Å². The minimum Gasteiger partial charge on any atom is -0.494 e. The molecule has 3 nitrogen and oxygen atoms in total. The van der Waals surface area contributed by atoms with E-state index in [1.807, 2.05) is 12.1 Å². The Morgan fingerprint density at radius 3 is 2.90 bits per heavy atom. The third kappa shape index (κ3) is 3.95. The second-order valence-electron chi connectivity index (χ2n) is 6.11. The van der Waals surface area contributed by atoms with Crippen LogP contribution in [0.4, 0.5) is 4.39 Å². The average Bonchev–Trinajstić information content (AvgIpc) is 2.54. The van der Waals surface area contributed by atoms with Crippen LogP contribution in [0, 0.1) is 17.7 Å². The van der Waals surface area contributed by atoms with E-state index in [-0.39, 0.29) is 11.9 Å². The highest BCUT2D eigenvalue weighted by Gasteiger charge is 2.28. The number of rotatable bonds is 6. The minimum absolute atomic E-state index is 0.126. The fourth-order valence-electron chi connectivity index (χ4n) is 3.54. The molecule has 1 aliphatic rings. The van der Waals surface area contributed by atoms with Gasteiger partial charge in [-0.25, -0.2) is 4.39 Å². The van der Waals surface area contributed by atoms with E-state index in [0.29, 0.717) is 23.7 Å². The molecule has 0 spiro atoms. The number of nitrogens with one attached hydrogen (secondary N) is 1. The first-order valence-corrected chi connectivity index (χ1v) is 7.97. The van der Waals surface area contributed by atoms with Crippen molar-refractivity contribution < 1.29 is 9.13 Å². The zero-order valence-electron chi connectivity index (χ0n) is 13.1. The fraction of sp³-hybridized carbons (Fsp3) is 0.647. The molecule has 0 heterocycles. The van der Waals surface area contributed by atoms with Crippen LogP contribution in [0.1, 0.15) is 44.6 Å². The Hall–Kier alpha value is -1.13. The summed E-state index contributed by atoms with van der Waals surface area (Å²) in [6.45, 7) is 2.25. The largest absolute Gasteiger partial charge is 0.494 e. The van der Waals surface area contributed by atoms with Crippen molar-refractivity contribution >= 4 is 0 Å². The van der Waals surface area contributed by atoms with Crippen molar-refractivity contribution in [2.45, 2.75) is 51.5 Å². The van der Waals surface area contributed by atoms with Crippen molar-refractivity contribution in [3.8, 4) is 5.75 Å². The maximum absolute atomic E-state index is 14.3. The molecule has 3 atom stereocenters. The van der Waals surface area contributed by atoms with Crippen molar-refractivity contribution in [1.29, 1.82) is 0 Å². The van der Waals surface area contributed by atoms with Crippen LogP contribution in [0.5, 0.6) is 5.75 Å². The van der Waals surface area contributed by atoms with E-state index >= 15 is 0 Å². The summed E-state index contributed by atoms with van der Waals surface area (Å²) in [6.07, 6.45) is 6.77. The van der Waals surface area contributed by atoms with Gasteiger partial charge in [0.05, 0.1) is 7.11 Å². The third-order valence-electron chi connectivity index (χ3n) is 4.89. The highest BCUT2D eigenvalue weighted by Crippen LogP contribution is 2.34. The van der Waals surface area contributed by atoms with E-state index in [1.54, 1.807) is 6.07 Å². The number of hydrogen-bond donors (Lipinski definition) is 2. The van der Waals surface area contributed by atoms with Crippen LogP contribution < -0.4 is 16.0 Å². The zero-order valence-corrected chi connectivity index (χ0v) is 13.1. The fourth-order valence-corrected chi connectivity index (χ4v) is 3.54. The summed E-state index contributed by atoms with van der Waals surface area (Å²) in [4.78, 5) is 0. The van der Waals surface area contributed by atoms with Gasteiger partial charge in [-0.3, -0.25) is 11.3 Å². The number of methoxy groups -OCH3 is 1. The number of ether oxygens (including phenoxy) is 1. The first-order valence-electron chi connectivity index (χ1n) is 7.97. The molecular weight excluding hydrogens is 267 g/mol. The normalized spacial score (nSPS) is 23.8. The Kier molecular flexibility index (Phi) is 6.00. The van der Waals surface area contributed by atoms with Crippen LogP contribution in [0.25, 0.3) is 0 Å². The molecule has 2 rings (SSSR count). The van der Waals surface area contributed by atoms with Crippen molar-refractivity contribution in [3.05, 3.63) is 29.6 Å². The summed E-state index contributed by atoms with van der Waals surface area (Å²) in [5.41, 5.74) is 3.60. The Bertz CT molecular complexity index is 452. The van der Waals surface area contributed by atoms with Gasteiger partial charge in [-0.05, 0) is 42.7 Å². The molecule has 1 aromatic carbocycles. The maximum atomic E-state index is 14.3. The van der Waals surface area contributed by atoms with E-state index < -0.39 is 0 Å². The summed E-state index contributed by atoms with van der Waals surface area (Å²) in [6, 6.07) is 5.43. The van der Waals surface area contributed by atoms with Gasteiger partial charge >= 0.3 is 0 Å². The highest BCUT2D eigenvalue weighted by molar-refractivity contribution is 5.31. The van der Waals surface area contributed by atoms with Gasteiger partial charge in [0.25, 0.3) is 0 Å². The SMILES string of the molecule is CCC1CCCC(C(Cc2cccc(OC)c2F)NN)C1. The number of benzene rings is 1. The Morgan fingerprint density at radius 1 is 1.43 bits per heavy atom. The predicted octanol–water partition coefficient (Wildman–Crippen LogP) is 3.43. The summed E-state index contributed by atoms with van der Waals surface area (Å²) >= 11 is 0. The molecule has 1 saturated carbocycles. The smallest absolute Gasteiger partial charge is 0.168 e. The lowest BCUT2D eigenvalue weighted by atomic mass is 9.75. The summed E-state index contributed by atoms with van der Waals surface area (Å²) in [5.74, 6) is 7.11. The standard InChI is InChI=1S/C17H27FN2O/c1-3-12-6-4-7-13(10-12)15(20-19)11-14-8-5-9-16(21-2)17(14)18/h5,8-9,12-13,15,20H,3-4,6-7,10-11,19H2,1-2H3. The van der Waals surface area contributed by atoms with Gasteiger partial charge in [-0.15, -0.1) is 0 Å². The molecule has 0 aromatic heterocycles. The van der Waals surface area contributed by atoms with Crippen LogP contribution in [0.15, 0.2) is 18.2 Å². The van der Waals surface area contributed by atoms with Crippen molar-refractivity contribution in [3.63, 3.8) is 0 Å². The molecule has 0 bridgehead atoms. The molecule has 1 aromatic rings. The molecule has 4 heteroatoms. The monoisotopic (exact) mass is 294 g/mol. The lowest BCUT2D eigenvalue weighted by Crippen LogP contribution is -2.44. The Labute approximate surface area is 127 Å². The Morgan fingerprint density at radius 2 is 2.24 bits per heavy atom. The quantitative estimate of drug-likeness (QED) is 0.624. The van der Waals surface area contributed by atoms with Gasteiger partial charge in [0.15, 0.2) is 11.6 Å². The van der Waals surface area contributed by atoms with Crippen molar-refractivity contribution in [2.24, 2.45) is 17.7 Å². The second kappa shape index (κ2) is 7.76. The van der Waals surface area contributed by atoms with Crippen LogP contribution >= 0.6 is 0 Å². The van der Waals surface area contributed by atoms with Crippen molar-refractivity contribution in [2.75, 3.05) is 7.11 Å². The van der Waals surface area contributed by atoms with Gasteiger partial charge in [-0.1, -0.05) is 38.3 Å². The van der Waals surface area contributed by atoms with Crippen LogP contribution in [0.2, 0.25) is 0 Å². The molecule has 118 valence electrons. The molecule has 3 unspecified atom stereocenters. The second-order valence-corrected chi connectivity index (χ2v) is 6.11. The van der Waals surface area contributed by atoms with Gasteiger partial charge in [-0.2, -0.15) is 0 Å². The lowest BCUT2D eigenvalue weighted by molar-refractivity contribution is 0.207. The molecule has 0 saturated heterocycles. The molecule has 0 amide bonds. The number of nitrogens with two attached hydrogens (primary N) is 1. The number of halogens is 1. The van der Waals surface area contributed by atoms with E-state index in [1.165, 1.54) is 39.2 Å². The Balaban J connectivity index is 2.08. The van der Waals surface area contributed by atoms with E-state index in [4.69, 9.17) is 10.6 Å². The lowest BCUT2D eigenvalue weighted by Gasteiger charge is -2.34. The molecule has 1 fully saturated rings. The summed E-state index contributed by atoms with van der Waals surface area (Å²) < 4.78 is 19.3. The molecule has 0 radical (unpaired) electrons. The topological polar surface area (TPSA) is 47.3 Å². The highest BCUT2D eigenvalue weighted by atomic mass is 19.1. The van der Waals surface area contributed by atoms with Gasteiger partial charge < -0.3 is 4.74 Å². The van der Waals surface area contributed by atoms with E-state index in [9.17, 15) is 4.39 Å². The van der Waals surface area contributed by atoms with Crippen LogP contribution in [-0.4, -0.2) is 13.2 Å². The van der Waals surface area contributed by atoms with Crippen LogP contribution in [0.3, 0.4) is 0 Å². The van der Waals surface area contributed by atoms with E-state index in [0.717, 1.165) is 5.92 Å². The molecule has 21 heavy (non-hydrogen) atoms. The zero-order chi connectivity index (χ0) is 15.2. The average molecular weight is 294 g/mol. The first-order chi connectivity index (χ1) is 10.2. The number of hydrazine groups is 1. The third-order valence-corrected chi connectivity index (χ3v) is 4.89. The van der Waals surface area contributed by atoms with Gasteiger partial charge in [0, 0.05) is 6.04 Å². The molecule has 1 aliphatic carbocycles. The first kappa shape index (κ1) is 16.2. The van der Waals surface area contributed by atoms with Gasteiger partial charge in [0.2, 0.25) is 0 Å². The summed E-state index contributed by atoms with van der Waals surface area (Å²) in [5, 5.41) is 0. The molecule has 0 aliphatic heterocycles. The van der Waals surface area contributed by atoms with Gasteiger partial charge in [0.1, 0.15) is 0 Å². The number of hydrogen-bond acceptors (Lipinski definition) is 3. The minimum atomic E-state index is -0.261. The summed E-state index contributed by atoms with van der Waals surface area (Å²) in [7, 11) is 1.49. The predicted molar refractivity (Wildman–Crippen MR) is 83.5 cm³/mol. The molecular formula is C17H27FN2O. The maximum Gasteiger partial charge on any atom is 0.168 e. The van der Waals surface area contributed by atoms with Crippen molar-refractivity contribution in [1.82, 2.24) is 5.43 Å². The molecule has 3 N–H and O–H groups in total.